The summed E-state index contributed by atoms with van der Waals surface area (Å²) in [4.78, 5) is 24.4. The molecule has 0 rings (SSSR count). The van der Waals surface area contributed by atoms with Crippen LogP contribution in [-0.4, -0.2) is 47.4 Å². The lowest BCUT2D eigenvalue weighted by Crippen LogP contribution is -2.45. The molecule has 0 aromatic carbocycles. The van der Waals surface area contributed by atoms with Crippen molar-refractivity contribution >= 4 is 11.9 Å². The van der Waals surface area contributed by atoms with Crippen LogP contribution in [0, 0.1) is 0 Å². The van der Waals surface area contributed by atoms with Gasteiger partial charge in [-0.2, -0.15) is 0 Å². The summed E-state index contributed by atoms with van der Waals surface area (Å²) in [7, 11) is 0. The molecule has 61 heavy (non-hydrogen) atoms. The summed E-state index contributed by atoms with van der Waals surface area (Å²) in [5.41, 5.74) is 0. The number of carbonyl (C=O) groups is 2. The summed E-state index contributed by atoms with van der Waals surface area (Å²) < 4.78 is 5.45. The van der Waals surface area contributed by atoms with Gasteiger partial charge in [-0.3, -0.25) is 9.59 Å². The molecular weight excluding hydrogens is 755 g/mol. The van der Waals surface area contributed by atoms with E-state index in [2.05, 4.69) is 43.5 Å². The Bertz CT molecular complexity index is 951. The number of aliphatic hydroxyl groups is 2. The molecule has 2 unspecified atom stereocenters. The van der Waals surface area contributed by atoms with Crippen LogP contribution in [-0.2, 0) is 14.3 Å². The molecule has 3 N–H and O–H groups in total. The molecule has 0 aliphatic carbocycles. The van der Waals surface area contributed by atoms with E-state index in [1.165, 1.54) is 186 Å². The van der Waals surface area contributed by atoms with Crippen LogP contribution in [0.4, 0.5) is 0 Å². The zero-order chi connectivity index (χ0) is 44.4. The number of amides is 1. The van der Waals surface area contributed by atoms with Gasteiger partial charge in [-0.15, -0.1) is 0 Å². The third kappa shape index (κ3) is 47.7. The van der Waals surface area contributed by atoms with Gasteiger partial charge in [0, 0.05) is 12.8 Å². The first-order valence-corrected chi connectivity index (χ1v) is 27.1. The van der Waals surface area contributed by atoms with Crippen molar-refractivity contribution in [2.75, 3.05) is 13.2 Å². The second kappa shape index (κ2) is 51.0. The van der Waals surface area contributed by atoms with Crippen LogP contribution < -0.4 is 5.32 Å². The lowest BCUT2D eigenvalue weighted by atomic mass is 10.0. The monoisotopic (exact) mass is 860 g/mol. The van der Waals surface area contributed by atoms with Gasteiger partial charge < -0.3 is 20.3 Å². The van der Waals surface area contributed by atoms with Gasteiger partial charge in [-0.05, 0) is 57.8 Å². The van der Waals surface area contributed by atoms with Crippen LogP contribution in [0.5, 0.6) is 0 Å². The van der Waals surface area contributed by atoms with Gasteiger partial charge in [0.2, 0.25) is 5.91 Å². The highest BCUT2D eigenvalue weighted by Gasteiger charge is 2.20. The van der Waals surface area contributed by atoms with Crippen LogP contribution in [0.15, 0.2) is 24.3 Å². The highest BCUT2D eigenvalue weighted by Crippen LogP contribution is 2.16. The largest absolute Gasteiger partial charge is 0.466 e. The molecule has 0 radical (unpaired) electrons. The summed E-state index contributed by atoms with van der Waals surface area (Å²) in [6.07, 6.45) is 60.2. The van der Waals surface area contributed by atoms with Crippen LogP contribution >= 0.6 is 0 Å². The zero-order valence-corrected chi connectivity index (χ0v) is 40.9. The van der Waals surface area contributed by atoms with Gasteiger partial charge in [0.1, 0.15) is 0 Å². The zero-order valence-electron chi connectivity index (χ0n) is 40.9. The topological polar surface area (TPSA) is 95.9 Å². The lowest BCUT2D eigenvalue weighted by Gasteiger charge is -2.22. The summed E-state index contributed by atoms with van der Waals surface area (Å²) in [6.45, 7) is 4.91. The van der Waals surface area contributed by atoms with E-state index >= 15 is 0 Å². The number of esters is 1. The molecule has 0 aliphatic rings. The Morgan fingerprint density at radius 3 is 1.21 bits per heavy atom. The summed E-state index contributed by atoms with van der Waals surface area (Å²) in [6, 6.07) is -0.547. The van der Waals surface area contributed by atoms with Crippen molar-refractivity contribution in [1.29, 1.82) is 0 Å². The standard InChI is InChI=1S/C55H105NO5/c1-3-5-7-9-11-13-15-16-25-29-33-37-41-45-49-55(60)61-50-46-42-38-34-30-26-23-21-19-17-18-20-22-24-28-32-36-40-44-48-54(59)56-52(51-57)53(58)47-43-39-35-31-27-14-12-10-8-6-4-2/h21,23,26,30,52-53,57-58H,3-20,22,24-25,27-29,31-51H2,1-2H3,(H,56,59)/b23-21-,30-26-. The molecule has 6 heteroatoms. The minimum absolute atomic E-state index is 0.0113. The van der Waals surface area contributed by atoms with Crippen molar-refractivity contribution in [1.82, 2.24) is 5.32 Å². The Kier molecular flexibility index (Phi) is 49.6. The molecule has 1 amide bonds. The van der Waals surface area contributed by atoms with Crippen molar-refractivity contribution in [2.45, 2.75) is 302 Å². The molecule has 0 saturated carbocycles. The molecular formula is C55H105NO5. The number of unbranched alkanes of at least 4 members (excludes halogenated alkanes) is 36. The van der Waals surface area contributed by atoms with E-state index in [1.54, 1.807) is 0 Å². The van der Waals surface area contributed by atoms with E-state index in [0.29, 0.717) is 25.9 Å². The number of aliphatic hydroxyl groups excluding tert-OH is 2. The molecule has 0 aromatic heterocycles. The number of ether oxygens (including phenoxy) is 1. The van der Waals surface area contributed by atoms with E-state index < -0.39 is 12.1 Å². The van der Waals surface area contributed by atoms with Crippen molar-refractivity contribution in [3.05, 3.63) is 24.3 Å². The molecule has 6 nitrogen and oxygen atoms in total. The summed E-state index contributed by atoms with van der Waals surface area (Å²) in [5, 5.41) is 23.1. The smallest absolute Gasteiger partial charge is 0.305 e. The second-order valence-electron chi connectivity index (χ2n) is 18.6. The Balaban J connectivity index is 3.46. The van der Waals surface area contributed by atoms with Crippen LogP contribution in [0.2, 0.25) is 0 Å². The van der Waals surface area contributed by atoms with Crippen molar-refractivity contribution in [3.8, 4) is 0 Å². The molecule has 0 aromatic rings. The minimum Gasteiger partial charge on any atom is -0.466 e. The Hall–Kier alpha value is -1.66. The maximum absolute atomic E-state index is 12.4. The number of hydrogen-bond donors (Lipinski definition) is 3. The summed E-state index contributed by atoms with van der Waals surface area (Å²) >= 11 is 0. The normalized spacial score (nSPS) is 12.8. The molecule has 0 spiro atoms. The van der Waals surface area contributed by atoms with Gasteiger partial charge in [-0.25, -0.2) is 0 Å². The van der Waals surface area contributed by atoms with E-state index in [-0.39, 0.29) is 18.5 Å². The van der Waals surface area contributed by atoms with Crippen molar-refractivity contribution in [3.63, 3.8) is 0 Å². The third-order valence-electron chi connectivity index (χ3n) is 12.5. The number of rotatable bonds is 50. The summed E-state index contributed by atoms with van der Waals surface area (Å²) in [5.74, 6) is -0.0570. The van der Waals surface area contributed by atoms with E-state index in [0.717, 1.165) is 70.6 Å². The molecule has 2 atom stereocenters. The third-order valence-corrected chi connectivity index (χ3v) is 12.5. The first kappa shape index (κ1) is 59.3. The van der Waals surface area contributed by atoms with E-state index in [1.807, 2.05) is 0 Å². The predicted molar refractivity (Wildman–Crippen MR) is 264 cm³/mol. The second-order valence-corrected chi connectivity index (χ2v) is 18.6. The molecule has 0 aliphatic heterocycles. The maximum atomic E-state index is 12.4. The van der Waals surface area contributed by atoms with Crippen molar-refractivity contribution < 1.29 is 24.5 Å². The minimum atomic E-state index is -0.669. The molecule has 0 fully saturated rings. The van der Waals surface area contributed by atoms with E-state index in [4.69, 9.17) is 4.74 Å². The Labute approximate surface area is 380 Å². The molecule has 0 heterocycles. The predicted octanol–water partition coefficient (Wildman–Crippen LogP) is 16.3. The fourth-order valence-corrected chi connectivity index (χ4v) is 8.34. The maximum Gasteiger partial charge on any atom is 0.305 e. The van der Waals surface area contributed by atoms with Crippen molar-refractivity contribution in [2.24, 2.45) is 0 Å². The van der Waals surface area contributed by atoms with Gasteiger partial charge in [0.15, 0.2) is 0 Å². The molecule has 0 saturated heterocycles. The average molecular weight is 860 g/mol. The molecule has 0 bridgehead atoms. The van der Waals surface area contributed by atoms with E-state index in [9.17, 15) is 19.8 Å². The molecule has 360 valence electrons. The number of hydrogen-bond acceptors (Lipinski definition) is 5. The average Bonchev–Trinajstić information content (AvgIpc) is 3.26. The first-order chi connectivity index (χ1) is 30.0. The van der Waals surface area contributed by atoms with Crippen LogP contribution in [0.1, 0.15) is 290 Å². The number of allylic oxidation sites excluding steroid dienone is 4. The van der Waals surface area contributed by atoms with Crippen LogP contribution in [0.25, 0.3) is 0 Å². The quantitative estimate of drug-likeness (QED) is 0.0322. The highest BCUT2D eigenvalue weighted by atomic mass is 16.5. The Morgan fingerprint density at radius 1 is 0.459 bits per heavy atom. The number of carbonyl (C=O) groups excluding carboxylic acids is 2. The lowest BCUT2D eigenvalue weighted by molar-refractivity contribution is -0.143. The van der Waals surface area contributed by atoms with Gasteiger partial charge >= 0.3 is 5.97 Å². The first-order valence-electron chi connectivity index (χ1n) is 27.1. The van der Waals surface area contributed by atoms with Gasteiger partial charge in [-0.1, -0.05) is 244 Å². The van der Waals surface area contributed by atoms with Crippen LogP contribution in [0.3, 0.4) is 0 Å². The van der Waals surface area contributed by atoms with Gasteiger partial charge in [0.25, 0.3) is 0 Å². The highest BCUT2D eigenvalue weighted by molar-refractivity contribution is 5.76. The fourth-order valence-electron chi connectivity index (χ4n) is 8.34. The SMILES string of the molecule is CCCCCCCCCCCCCCCCC(=O)OCCCCC/C=C\C=C/CCCCCCCCCCCCC(=O)NC(CO)C(O)CCCCCCCCCCCCC. The number of nitrogens with one attached hydrogen (secondary N) is 1. The Morgan fingerprint density at radius 2 is 0.803 bits per heavy atom. The van der Waals surface area contributed by atoms with Gasteiger partial charge in [0.05, 0.1) is 25.4 Å². The fraction of sp³-hybridized carbons (Fsp3) is 0.891.